The van der Waals surface area contributed by atoms with E-state index in [0.29, 0.717) is 34.9 Å². The topological polar surface area (TPSA) is 87.2 Å². The van der Waals surface area contributed by atoms with Crippen LogP contribution in [0, 0.1) is 0 Å². The number of hydrogen-bond donors (Lipinski definition) is 0. The quantitative estimate of drug-likeness (QED) is 0.108. The predicted molar refractivity (Wildman–Crippen MR) is 454 cm³/mol. The van der Waals surface area contributed by atoms with Gasteiger partial charge in [-0.25, -0.2) is 29.9 Å². The van der Waals surface area contributed by atoms with Gasteiger partial charge in [0.15, 0.2) is 34.9 Å². The number of para-hydroxylation sites is 2. The Morgan fingerprint density at radius 3 is 0.655 bits per heavy atom. The number of fused-ring (bicyclic) bond motifs is 6. The Labute approximate surface area is 637 Å². The summed E-state index contributed by atoms with van der Waals surface area (Å²) in [6.07, 6.45) is 0. The van der Waals surface area contributed by atoms with Crippen LogP contribution in [0.15, 0.2) is 413 Å². The zero-order chi connectivity index (χ0) is 73.1. The minimum absolute atomic E-state index is 0.637. The lowest BCUT2D eigenvalue weighted by Crippen LogP contribution is -2.00. The number of hydrogen-bond acceptors (Lipinski definition) is 6. The number of aromatic nitrogens is 8. The van der Waals surface area contributed by atoms with Crippen LogP contribution in [-0.2, 0) is 0 Å². The highest BCUT2D eigenvalue weighted by atomic mass is 15.0. The van der Waals surface area contributed by atoms with Crippen LogP contribution in [0.1, 0.15) is 0 Å². The van der Waals surface area contributed by atoms with Crippen molar-refractivity contribution in [2.45, 2.75) is 0 Å². The van der Waals surface area contributed by atoms with E-state index in [0.717, 1.165) is 83.7 Å². The highest BCUT2D eigenvalue weighted by molar-refractivity contribution is 6.12. The van der Waals surface area contributed by atoms with Crippen LogP contribution in [0.3, 0.4) is 0 Å². The standard InChI is InChI=1S/2C51H34N4/c1-4-13-35(14-5-1)41-19-12-20-43(33-41)51-53-49(39-17-8-3-9-18-39)52-50(54-51)40-25-23-37(24-26-40)38-27-30-44(31-28-38)55-47-22-11-10-21-45(47)46-34-42(29-32-48(46)55)36-15-6-2-7-16-36;1-4-12-35(13-5-1)37-20-24-41(25-21-37)50-52-49(40-16-8-3-9-17-40)53-51(54-50)42-26-22-38(23-27-42)39-28-31-44(32-29-39)55-47-19-11-10-18-45(47)46-34-43(30-33-48(46)55)36-14-6-2-7-15-36/h2*1-34H. The molecular weight excluding hydrogens is 1340 g/mol. The summed E-state index contributed by atoms with van der Waals surface area (Å²) in [5.41, 5.74) is 26.7. The average Bonchev–Trinajstić information content (AvgIpc) is 1.59. The normalized spacial score (nSPS) is 11.3. The van der Waals surface area contributed by atoms with Gasteiger partial charge in [0.25, 0.3) is 0 Å². The second-order valence-corrected chi connectivity index (χ2v) is 27.4. The molecule has 0 aliphatic heterocycles. The van der Waals surface area contributed by atoms with Gasteiger partial charge in [-0.2, -0.15) is 0 Å². The fraction of sp³-hybridized carbons (Fsp3) is 0. The number of rotatable bonds is 14. The summed E-state index contributed by atoms with van der Waals surface area (Å²) < 4.78 is 4.73. The van der Waals surface area contributed by atoms with E-state index in [1.165, 1.54) is 71.4 Å². The molecule has 0 saturated heterocycles. The molecule has 20 rings (SSSR count). The van der Waals surface area contributed by atoms with Crippen LogP contribution < -0.4 is 0 Å². The maximum absolute atomic E-state index is 5.02. The van der Waals surface area contributed by atoms with Gasteiger partial charge in [-0.1, -0.05) is 346 Å². The zero-order valence-corrected chi connectivity index (χ0v) is 59.8. The lowest BCUT2D eigenvalue weighted by molar-refractivity contribution is 1.07. The Kier molecular flexibility index (Phi) is 17.5. The molecule has 0 amide bonds. The van der Waals surface area contributed by atoms with E-state index in [1.54, 1.807) is 0 Å². The van der Waals surface area contributed by atoms with Gasteiger partial charge in [0, 0.05) is 66.3 Å². The van der Waals surface area contributed by atoms with E-state index in [2.05, 4.69) is 349 Å². The largest absolute Gasteiger partial charge is 0.309 e. The van der Waals surface area contributed by atoms with Gasteiger partial charge < -0.3 is 9.13 Å². The molecule has 8 nitrogen and oxygen atoms in total. The Balaban J connectivity index is 0.000000149. The van der Waals surface area contributed by atoms with Crippen LogP contribution in [-0.4, -0.2) is 39.0 Å². The van der Waals surface area contributed by atoms with Crippen molar-refractivity contribution in [2.75, 3.05) is 0 Å². The molecule has 0 bridgehead atoms. The molecule has 4 aromatic heterocycles. The highest BCUT2D eigenvalue weighted by Crippen LogP contribution is 2.40. The highest BCUT2D eigenvalue weighted by Gasteiger charge is 2.20. The van der Waals surface area contributed by atoms with Crippen LogP contribution in [0.25, 0.3) is 190 Å². The third kappa shape index (κ3) is 13.2. The molecule has 0 aliphatic carbocycles. The van der Waals surface area contributed by atoms with E-state index in [1.807, 2.05) is 72.8 Å². The Hall–Kier alpha value is -14.9. The maximum Gasteiger partial charge on any atom is 0.164 e. The van der Waals surface area contributed by atoms with Gasteiger partial charge in [-0.3, -0.25) is 0 Å². The summed E-state index contributed by atoms with van der Waals surface area (Å²) in [5, 5.41) is 4.99. The van der Waals surface area contributed by atoms with Crippen LogP contribution in [0.5, 0.6) is 0 Å². The van der Waals surface area contributed by atoms with Crippen LogP contribution in [0.2, 0.25) is 0 Å². The Bertz CT molecular complexity index is 6670. The minimum atomic E-state index is 0.637. The molecule has 20 aromatic rings. The first-order chi connectivity index (χ1) is 54.5. The molecule has 0 fully saturated rings. The third-order valence-electron chi connectivity index (χ3n) is 20.6. The maximum atomic E-state index is 5.02. The summed E-state index contributed by atoms with van der Waals surface area (Å²) in [6.45, 7) is 0. The molecule has 8 heteroatoms. The summed E-state index contributed by atoms with van der Waals surface area (Å²) in [5.74, 6) is 3.85. The molecule has 0 aliphatic rings. The molecule has 0 N–H and O–H groups in total. The van der Waals surface area contributed by atoms with Crippen molar-refractivity contribution in [3.63, 3.8) is 0 Å². The van der Waals surface area contributed by atoms with Gasteiger partial charge in [0.2, 0.25) is 0 Å². The van der Waals surface area contributed by atoms with Crippen LogP contribution >= 0.6 is 0 Å². The van der Waals surface area contributed by atoms with E-state index in [-0.39, 0.29) is 0 Å². The number of nitrogens with zero attached hydrogens (tertiary/aromatic N) is 8. The second-order valence-electron chi connectivity index (χ2n) is 27.4. The molecule has 0 radical (unpaired) electrons. The minimum Gasteiger partial charge on any atom is -0.309 e. The first-order valence-corrected chi connectivity index (χ1v) is 37.0. The van der Waals surface area contributed by atoms with Crippen molar-refractivity contribution in [1.82, 2.24) is 39.0 Å². The summed E-state index contributed by atoms with van der Waals surface area (Å²) in [4.78, 5) is 29.8. The molecule has 4 heterocycles. The van der Waals surface area contributed by atoms with Crippen molar-refractivity contribution in [3.05, 3.63) is 413 Å². The molecule has 516 valence electrons. The van der Waals surface area contributed by atoms with Gasteiger partial charge >= 0.3 is 0 Å². The van der Waals surface area contributed by atoms with E-state index in [4.69, 9.17) is 29.9 Å². The van der Waals surface area contributed by atoms with Crippen molar-refractivity contribution < 1.29 is 0 Å². The first kappa shape index (κ1) is 65.9. The van der Waals surface area contributed by atoms with Gasteiger partial charge in [0.05, 0.1) is 22.1 Å². The fourth-order valence-electron chi connectivity index (χ4n) is 15.0. The molecule has 0 spiro atoms. The van der Waals surface area contributed by atoms with Crippen LogP contribution in [0.4, 0.5) is 0 Å². The summed E-state index contributed by atoms with van der Waals surface area (Å²) in [7, 11) is 0. The smallest absolute Gasteiger partial charge is 0.164 e. The lowest BCUT2D eigenvalue weighted by Gasteiger charge is -2.11. The molecular formula is C102H68N8. The van der Waals surface area contributed by atoms with Gasteiger partial charge in [-0.05, 0) is 133 Å². The zero-order valence-electron chi connectivity index (χ0n) is 59.8. The Morgan fingerprint density at radius 2 is 0.327 bits per heavy atom. The average molecular weight is 1410 g/mol. The van der Waals surface area contributed by atoms with Crippen molar-refractivity contribution >= 4 is 43.6 Å². The molecule has 0 unspecified atom stereocenters. The summed E-state index contributed by atoms with van der Waals surface area (Å²) in [6, 6.07) is 145. The van der Waals surface area contributed by atoms with Crippen molar-refractivity contribution in [2.24, 2.45) is 0 Å². The molecule has 110 heavy (non-hydrogen) atoms. The van der Waals surface area contributed by atoms with Gasteiger partial charge in [0.1, 0.15) is 0 Å². The van der Waals surface area contributed by atoms with Crippen molar-refractivity contribution in [1.29, 1.82) is 0 Å². The van der Waals surface area contributed by atoms with Crippen molar-refractivity contribution in [3.8, 4) is 146 Å². The van der Waals surface area contributed by atoms with E-state index in [9.17, 15) is 0 Å². The third-order valence-corrected chi connectivity index (χ3v) is 20.6. The summed E-state index contributed by atoms with van der Waals surface area (Å²) >= 11 is 0. The van der Waals surface area contributed by atoms with E-state index >= 15 is 0 Å². The predicted octanol–water partition coefficient (Wildman–Crippen LogP) is 25.9. The molecule has 0 atom stereocenters. The van der Waals surface area contributed by atoms with Gasteiger partial charge in [-0.15, -0.1) is 0 Å². The second kappa shape index (κ2) is 29.2. The molecule has 0 saturated carbocycles. The SMILES string of the molecule is c1ccc(-c2ccc(-c3nc(-c4ccccc4)nc(-c4ccc(-c5ccc(-n6c7ccccc7c7cc(-c8ccccc8)ccc76)cc5)cc4)n3)cc2)cc1.c1ccc(-c2cccc(-c3nc(-c4ccccc4)nc(-c4ccc(-c5ccc(-n6c7ccccc7c7cc(-c8ccccc8)ccc76)cc5)cc4)n3)c2)cc1. The molecule has 16 aromatic carbocycles. The number of benzene rings is 16. The monoisotopic (exact) mass is 1400 g/mol. The first-order valence-electron chi connectivity index (χ1n) is 37.0. The lowest BCUT2D eigenvalue weighted by atomic mass is 10.0. The Morgan fingerprint density at radius 1 is 0.127 bits per heavy atom. The van der Waals surface area contributed by atoms with E-state index < -0.39 is 0 Å². The fourth-order valence-corrected chi connectivity index (χ4v) is 15.0.